The quantitative estimate of drug-likeness (QED) is 0.441. The van der Waals surface area contributed by atoms with E-state index in [4.69, 9.17) is 15.7 Å². The Kier molecular flexibility index (Phi) is 6.39. The first kappa shape index (κ1) is 19.2. The third kappa shape index (κ3) is 5.44. The lowest BCUT2D eigenvalue weighted by Gasteiger charge is -2.29. The molecule has 0 saturated heterocycles. The van der Waals surface area contributed by atoms with Crippen LogP contribution in [0.25, 0.3) is 0 Å². The first-order chi connectivity index (χ1) is 11.8. The zero-order valence-electron chi connectivity index (χ0n) is 14.7. The largest absolute Gasteiger partial charge is 0.493 e. The maximum atomic E-state index is 12.3. The van der Waals surface area contributed by atoms with Gasteiger partial charge in [0.2, 0.25) is 0 Å². The highest BCUT2D eigenvalue weighted by molar-refractivity contribution is 5.97. The summed E-state index contributed by atoms with van der Waals surface area (Å²) in [5.41, 5.74) is 6.77. The van der Waals surface area contributed by atoms with Crippen molar-refractivity contribution in [1.29, 1.82) is 0 Å². The van der Waals surface area contributed by atoms with Gasteiger partial charge < -0.3 is 15.8 Å². The number of benzene rings is 1. The molecular weight excluding hydrogens is 322 g/mol. The van der Waals surface area contributed by atoms with E-state index in [1.165, 1.54) is 31.2 Å². The third-order valence-electron chi connectivity index (χ3n) is 4.47. The molecule has 0 spiro atoms. The minimum absolute atomic E-state index is 0.383. The lowest BCUT2D eigenvalue weighted by molar-refractivity contribution is -0.132. The molecule has 138 valence electrons. The van der Waals surface area contributed by atoms with Crippen LogP contribution in [0, 0.1) is 5.92 Å². The summed E-state index contributed by atoms with van der Waals surface area (Å²) in [5, 5.41) is 11.4. The minimum Gasteiger partial charge on any atom is -0.493 e. The molecule has 0 heterocycles. The van der Waals surface area contributed by atoms with E-state index in [1.807, 2.05) is 0 Å². The predicted octanol–water partition coefficient (Wildman–Crippen LogP) is 1.60. The van der Waals surface area contributed by atoms with Crippen LogP contribution in [0.15, 0.2) is 24.3 Å². The van der Waals surface area contributed by atoms with Gasteiger partial charge in [0.15, 0.2) is 0 Å². The lowest BCUT2D eigenvalue weighted by atomic mass is 9.95. The molecule has 1 saturated carbocycles. The molecule has 1 aliphatic rings. The van der Waals surface area contributed by atoms with Crippen LogP contribution >= 0.6 is 0 Å². The van der Waals surface area contributed by atoms with Gasteiger partial charge in [-0.1, -0.05) is 12.8 Å². The van der Waals surface area contributed by atoms with Gasteiger partial charge in [0.1, 0.15) is 11.8 Å². The summed E-state index contributed by atoms with van der Waals surface area (Å²) in [5.74, 6) is 0.117. The number of hydrogen-bond donors (Lipinski definition) is 4. The highest BCUT2D eigenvalue weighted by atomic mass is 16.5. The van der Waals surface area contributed by atoms with Gasteiger partial charge in [0.25, 0.3) is 11.8 Å². The highest BCUT2D eigenvalue weighted by Crippen LogP contribution is 2.25. The van der Waals surface area contributed by atoms with E-state index in [0.29, 0.717) is 23.8 Å². The molecule has 25 heavy (non-hydrogen) atoms. The molecule has 7 nitrogen and oxygen atoms in total. The van der Waals surface area contributed by atoms with Crippen LogP contribution in [0.3, 0.4) is 0 Å². The van der Waals surface area contributed by atoms with Crippen LogP contribution in [0.1, 0.15) is 49.9 Å². The van der Waals surface area contributed by atoms with E-state index in [1.54, 1.807) is 38.1 Å². The van der Waals surface area contributed by atoms with Crippen molar-refractivity contribution in [2.75, 3.05) is 6.61 Å². The Bertz CT molecular complexity index is 589. The molecule has 1 aliphatic carbocycles. The lowest BCUT2D eigenvalue weighted by Crippen LogP contribution is -2.61. The fraction of sp³-hybridized carbons (Fsp3) is 0.556. The Balaban J connectivity index is 1.95. The Hall–Kier alpha value is -2.12. The molecule has 1 unspecified atom stereocenters. The smallest absolute Gasteiger partial charge is 0.267 e. The SMILES string of the molecule is CC(C)(N)C(NC(=O)c1ccc(OCC2CCCC2)cc1)C(=O)NO. The van der Waals surface area contributed by atoms with Crippen molar-refractivity contribution in [3.63, 3.8) is 0 Å². The Morgan fingerprint density at radius 3 is 2.40 bits per heavy atom. The summed E-state index contributed by atoms with van der Waals surface area (Å²) >= 11 is 0. The maximum absolute atomic E-state index is 12.3. The topological polar surface area (TPSA) is 114 Å². The number of nitrogens with two attached hydrogens (primary N) is 1. The van der Waals surface area contributed by atoms with E-state index in [2.05, 4.69) is 5.32 Å². The molecule has 0 aromatic heterocycles. The van der Waals surface area contributed by atoms with Crippen molar-refractivity contribution in [1.82, 2.24) is 10.8 Å². The monoisotopic (exact) mass is 349 g/mol. The molecule has 0 radical (unpaired) electrons. The highest BCUT2D eigenvalue weighted by Gasteiger charge is 2.33. The number of rotatable bonds is 7. The van der Waals surface area contributed by atoms with Gasteiger partial charge in [-0.2, -0.15) is 0 Å². The number of carbonyl (C=O) groups excluding carboxylic acids is 2. The fourth-order valence-electron chi connectivity index (χ4n) is 2.96. The average molecular weight is 349 g/mol. The first-order valence-electron chi connectivity index (χ1n) is 8.58. The number of amides is 2. The minimum atomic E-state index is -1.07. The summed E-state index contributed by atoms with van der Waals surface area (Å²) in [7, 11) is 0. The number of hydroxylamine groups is 1. The van der Waals surface area contributed by atoms with Crippen molar-refractivity contribution >= 4 is 11.8 Å². The molecule has 5 N–H and O–H groups in total. The van der Waals surface area contributed by atoms with E-state index < -0.39 is 23.4 Å². The van der Waals surface area contributed by atoms with Gasteiger partial charge in [-0.3, -0.25) is 14.8 Å². The Morgan fingerprint density at radius 2 is 1.88 bits per heavy atom. The van der Waals surface area contributed by atoms with Crippen molar-refractivity contribution in [2.24, 2.45) is 11.7 Å². The second-order valence-corrected chi connectivity index (χ2v) is 7.19. The molecule has 1 atom stereocenters. The standard InChI is InChI=1S/C18H27N3O4/c1-18(2,19)15(17(23)21-24)20-16(22)13-7-9-14(10-8-13)25-11-12-5-3-4-6-12/h7-10,12,15,24H,3-6,11,19H2,1-2H3,(H,20,22)(H,21,23). The molecule has 1 aromatic carbocycles. The average Bonchev–Trinajstić information content (AvgIpc) is 3.10. The van der Waals surface area contributed by atoms with E-state index in [0.717, 1.165) is 0 Å². The molecule has 7 heteroatoms. The van der Waals surface area contributed by atoms with E-state index in [-0.39, 0.29) is 0 Å². The second-order valence-electron chi connectivity index (χ2n) is 7.19. The van der Waals surface area contributed by atoms with Gasteiger partial charge in [0.05, 0.1) is 6.61 Å². The van der Waals surface area contributed by atoms with Crippen LogP contribution in [0.2, 0.25) is 0 Å². The number of carbonyl (C=O) groups is 2. The van der Waals surface area contributed by atoms with Gasteiger partial charge in [-0.15, -0.1) is 0 Å². The van der Waals surface area contributed by atoms with E-state index in [9.17, 15) is 9.59 Å². The van der Waals surface area contributed by atoms with Crippen LogP contribution in [-0.4, -0.2) is 35.2 Å². The molecule has 0 aliphatic heterocycles. The third-order valence-corrected chi connectivity index (χ3v) is 4.47. The Morgan fingerprint density at radius 1 is 1.28 bits per heavy atom. The van der Waals surface area contributed by atoms with Crippen molar-refractivity contribution in [3.8, 4) is 5.75 Å². The zero-order chi connectivity index (χ0) is 18.4. The summed E-state index contributed by atoms with van der Waals surface area (Å²) in [4.78, 5) is 24.0. The Labute approximate surface area is 147 Å². The molecule has 2 rings (SSSR count). The van der Waals surface area contributed by atoms with Gasteiger partial charge in [-0.25, -0.2) is 5.48 Å². The normalized spacial score (nSPS) is 16.3. The molecule has 0 bridgehead atoms. The van der Waals surface area contributed by atoms with Gasteiger partial charge in [-0.05, 0) is 56.9 Å². The summed E-state index contributed by atoms with van der Waals surface area (Å²) in [6, 6.07) is 5.67. The number of ether oxygens (including phenoxy) is 1. The number of hydrogen-bond acceptors (Lipinski definition) is 5. The van der Waals surface area contributed by atoms with Crippen molar-refractivity contribution in [2.45, 2.75) is 51.1 Å². The molecule has 2 amide bonds. The molecule has 1 fully saturated rings. The summed E-state index contributed by atoms with van der Waals surface area (Å²) in [6.07, 6.45) is 4.97. The fourth-order valence-corrected chi connectivity index (χ4v) is 2.96. The van der Waals surface area contributed by atoms with Gasteiger partial charge in [0, 0.05) is 11.1 Å². The molecule has 1 aromatic rings. The van der Waals surface area contributed by atoms with Gasteiger partial charge >= 0.3 is 0 Å². The van der Waals surface area contributed by atoms with Crippen LogP contribution < -0.4 is 21.3 Å². The number of nitrogens with one attached hydrogen (secondary N) is 2. The van der Waals surface area contributed by atoms with E-state index >= 15 is 0 Å². The van der Waals surface area contributed by atoms with Crippen LogP contribution in [-0.2, 0) is 4.79 Å². The van der Waals surface area contributed by atoms with Crippen molar-refractivity contribution in [3.05, 3.63) is 29.8 Å². The summed E-state index contributed by atoms with van der Waals surface area (Å²) in [6.45, 7) is 3.88. The second kappa shape index (κ2) is 8.31. The predicted molar refractivity (Wildman–Crippen MR) is 93.3 cm³/mol. The summed E-state index contributed by atoms with van der Waals surface area (Å²) < 4.78 is 5.77. The first-order valence-corrected chi connectivity index (χ1v) is 8.58. The molecular formula is C18H27N3O4. The van der Waals surface area contributed by atoms with Crippen molar-refractivity contribution < 1.29 is 19.5 Å². The van der Waals surface area contributed by atoms with Crippen LogP contribution in [0.5, 0.6) is 5.75 Å². The zero-order valence-corrected chi connectivity index (χ0v) is 14.7. The maximum Gasteiger partial charge on any atom is 0.267 e. The van der Waals surface area contributed by atoms with Crippen LogP contribution in [0.4, 0.5) is 0 Å².